The van der Waals surface area contributed by atoms with Crippen LogP contribution in [-0.2, 0) is 26.3 Å². The molecule has 1 aliphatic heterocycles. The SMILES string of the molecule is O=C(O)[C@@H]1C[C@H](Oc2ccccc2)CN1C(=O)C(CCCCC(F)(F)F)n1cnc(NCc2ccccc2S(=O)(=O)O)c1. The summed E-state index contributed by atoms with van der Waals surface area (Å²) in [4.78, 5) is 31.0. The minimum absolute atomic E-state index is 0.0106. The summed E-state index contributed by atoms with van der Waals surface area (Å²) in [6, 6.07) is 12.2. The van der Waals surface area contributed by atoms with Crippen molar-refractivity contribution in [3.8, 4) is 5.75 Å². The third kappa shape index (κ3) is 8.70. The van der Waals surface area contributed by atoms with Gasteiger partial charge >= 0.3 is 12.1 Å². The lowest BCUT2D eigenvalue weighted by Crippen LogP contribution is -2.44. The van der Waals surface area contributed by atoms with Crippen LogP contribution in [0.5, 0.6) is 5.75 Å². The summed E-state index contributed by atoms with van der Waals surface area (Å²) in [5.74, 6) is -1.09. The normalized spacial score (nSPS) is 17.9. The fourth-order valence-electron chi connectivity index (χ4n) is 4.99. The van der Waals surface area contributed by atoms with Crippen LogP contribution < -0.4 is 10.1 Å². The lowest BCUT2D eigenvalue weighted by molar-refractivity contribution is -0.149. The number of carboxylic acid groups (broad SMARTS) is 1. The maximum Gasteiger partial charge on any atom is 0.389 e. The number of alkyl halides is 3. The van der Waals surface area contributed by atoms with Gasteiger partial charge in [-0.05, 0) is 36.6 Å². The maximum absolute atomic E-state index is 13.8. The first-order valence-corrected chi connectivity index (χ1v) is 14.9. The van der Waals surface area contributed by atoms with Crippen LogP contribution in [0.4, 0.5) is 19.0 Å². The first-order valence-electron chi connectivity index (χ1n) is 13.5. The van der Waals surface area contributed by atoms with Gasteiger partial charge in [-0.3, -0.25) is 9.35 Å². The summed E-state index contributed by atoms with van der Waals surface area (Å²) in [6.45, 7) is -0.0845. The molecule has 2 heterocycles. The number of ether oxygens (including phenoxy) is 1. The van der Waals surface area contributed by atoms with Gasteiger partial charge < -0.3 is 24.6 Å². The van der Waals surface area contributed by atoms with Crippen LogP contribution in [0.3, 0.4) is 0 Å². The highest BCUT2D eigenvalue weighted by molar-refractivity contribution is 7.85. The van der Waals surface area contributed by atoms with E-state index >= 15 is 0 Å². The number of nitrogens with one attached hydrogen (secondary N) is 1. The molecule has 0 bridgehead atoms. The summed E-state index contributed by atoms with van der Waals surface area (Å²) in [5.41, 5.74) is 0.255. The van der Waals surface area contributed by atoms with Gasteiger partial charge in [-0.15, -0.1) is 0 Å². The Morgan fingerprint density at radius 1 is 1.09 bits per heavy atom. The zero-order valence-corrected chi connectivity index (χ0v) is 23.7. The molecule has 1 aromatic heterocycles. The highest BCUT2D eigenvalue weighted by atomic mass is 32.2. The molecule has 0 saturated carbocycles. The molecule has 1 amide bonds. The van der Waals surface area contributed by atoms with Crippen molar-refractivity contribution in [1.29, 1.82) is 0 Å². The van der Waals surface area contributed by atoms with Crippen molar-refractivity contribution in [2.24, 2.45) is 0 Å². The molecule has 0 spiro atoms. The Balaban J connectivity index is 1.52. The standard InChI is InChI=1S/C28H31F3N4O7S/c29-28(30,31)13-7-6-11-22(26(36)35-16-21(14-23(35)27(37)38)42-20-9-2-1-3-10-20)34-17-25(33-18-34)32-15-19-8-4-5-12-24(19)43(39,40)41/h1-5,8-10,12,17-18,21-23,32H,6-7,11,13-16H2,(H,37,38)(H,39,40,41)/t21-,22?,23-/m0/s1. The van der Waals surface area contributed by atoms with Gasteiger partial charge in [-0.2, -0.15) is 21.6 Å². The molecule has 3 aromatic rings. The lowest BCUT2D eigenvalue weighted by atomic mass is 10.1. The molecule has 43 heavy (non-hydrogen) atoms. The number of anilines is 1. The van der Waals surface area contributed by atoms with E-state index in [4.69, 9.17) is 4.74 Å². The Kier molecular flexibility index (Phi) is 9.96. The average Bonchev–Trinajstić information content (AvgIpc) is 3.59. The number of hydrogen-bond acceptors (Lipinski definition) is 7. The molecule has 4 rings (SSSR count). The molecule has 1 aliphatic rings. The third-order valence-corrected chi connectivity index (χ3v) is 7.98. The van der Waals surface area contributed by atoms with Crippen LogP contribution in [0.2, 0.25) is 0 Å². The van der Waals surface area contributed by atoms with E-state index in [9.17, 15) is 40.8 Å². The molecule has 0 radical (unpaired) electrons. The zero-order chi connectivity index (χ0) is 31.2. The summed E-state index contributed by atoms with van der Waals surface area (Å²) < 4.78 is 78.5. The summed E-state index contributed by atoms with van der Waals surface area (Å²) in [5, 5.41) is 12.8. The molecule has 2 aromatic carbocycles. The van der Waals surface area contributed by atoms with Crippen LogP contribution in [0, 0.1) is 0 Å². The number of unbranched alkanes of at least 4 members (excludes halogenated alkanes) is 1. The van der Waals surface area contributed by atoms with E-state index < -0.39 is 52.8 Å². The van der Waals surface area contributed by atoms with E-state index in [2.05, 4.69) is 10.3 Å². The number of rotatable bonds is 13. The highest BCUT2D eigenvalue weighted by Crippen LogP contribution is 2.30. The van der Waals surface area contributed by atoms with Gasteiger partial charge in [0.1, 0.15) is 29.8 Å². The average molecular weight is 625 g/mol. The summed E-state index contributed by atoms with van der Waals surface area (Å²) in [7, 11) is -4.48. The fraction of sp³-hybridized carbons (Fsp3) is 0.393. The van der Waals surface area contributed by atoms with Crippen LogP contribution >= 0.6 is 0 Å². The number of amides is 1. The van der Waals surface area contributed by atoms with Crippen LogP contribution in [0.1, 0.15) is 43.7 Å². The van der Waals surface area contributed by atoms with Crippen LogP contribution in [-0.4, -0.2) is 69.3 Å². The van der Waals surface area contributed by atoms with Gasteiger partial charge in [0.25, 0.3) is 10.1 Å². The number of para-hydroxylation sites is 1. The van der Waals surface area contributed by atoms with E-state index in [0.29, 0.717) is 5.75 Å². The van der Waals surface area contributed by atoms with Gasteiger partial charge in [0.15, 0.2) is 0 Å². The predicted octanol–water partition coefficient (Wildman–Crippen LogP) is 4.54. The first kappa shape index (κ1) is 31.8. The monoisotopic (exact) mass is 624 g/mol. The van der Waals surface area contributed by atoms with Crippen molar-refractivity contribution < 1.29 is 45.6 Å². The molecule has 3 N–H and O–H groups in total. The molecular weight excluding hydrogens is 593 g/mol. The number of carbonyl (C=O) groups excluding carboxylic acids is 1. The Labute approximate surface area is 246 Å². The highest BCUT2D eigenvalue weighted by Gasteiger charge is 2.43. The molecule has 0 aliphatic carbocycles. The minimum atomic E-state index is -4.48. The lowest BCUT2D eigenvalue weighted by Gasteiger charge is -2.27. The molecule has 1 unspecified atom stereocenters. The van der Waals surface area contributed by atoms with Crippen molar-refractivity contribution in [2.75, 3.05) is 11.9 Å². The molecular formula is C28H31F3N4O7S. The van der Waals surface area contributed by atoms with E-state index in [0.717, 1.165) is 0 Å². The second kappa shape index (κ2) is 13.5. The number of halogens is 3. The van der Waals surface area contributed by atoms with Crippen molar-refractivity contribution in [2.45, 2.75) is 67.9 Å². The Morgan fingerprint density at radius 2 is 1.79 bits per heavy atom. The quantitative estimate of drug-likeness (QED) is 0.184. The number of benzene rings is 2. The second-order valence-corrected chi connectivity index (χ2v) is 11.5. The Morgan fingerprint density at radius 3 is 2.47 bits per heavy atom. The van der Waals surface area contributed by atoms with Crippen molar-refractivity contribution >= 4 is 27.8 Å². The molecule has 11 nitrogen and oxygen atoms in total. The van der Waals surface area contributed by atoms with Crippen molar-refractivity contribution in [3.05, 3.63) is 72.7 Å². The number of hydrogen-bond donors (Lipinski definition) is 3. The van der Waals surface area contributed by atoms with E-state index in [1.54, 1.807) is 36.4 Å². The molecule has 15 heteroatoms. The largest absolute Gasteiger partial charge is 0.488 e. The second-order valence-electron chi connectivity index (χ2n) is 10.2. The van der Waals surface area contributed by atoms with Crippen LogP contribution in [0.25, 0.3) is 0 Å². The molecule has 1 saturated heterocycles. The third-order valence-electron chi connectivity index (χ3n) is 7.02. The van der Waals surface area contributed by atoms with Gasteiger partial charge in [-0.1, -0.05) is 42.8 Å². The van der Waals surface area contributed by atoms with Crippen LogP contribution in [0.15, 0.2) is 72.0 Å². The zero-order valence-electron chi connectivity index (χ0n) is 22.9. The maximum atomic E-state index is 13.8. The summed E-state index contributed by atoms with van der Waals surface area (Å²) in [6.07, 6.45) is -3.41. The predicted molar refractivity (Wildman–Crippen MR) is 148 cm³/mol. The first-order chi connectivity index (χ1) is 20.3. The smallest absolute Gasteiger partial charge is 0.389 e. The number of aliphatic carboxylic acids is 1. The van der Waals surface area contributed by atoms with Crippen molar-refractivity contribution in [1.82, 2.24) is 14.5 Å². The molecule has 3 atom stereocenters. The van der Waals surface area contributed by atoms with Gasteiger partial charge in [0.05, 0.1) is 17.8 Å². The molecule has 1 fully saturated rings. The number of carboxylic acids is 1. The number of imidazole rings is 1. The minimum Gasteiger partial charge on any atom is -0.488 e. The van der Waals surface area contributed by atoms with Gasteiger partial charge in [-0.25, -0.2) is 9.78 Å². The number of aromatic nitrogens is 2. The number of likely N-dealkylation sites (tertiary alicyclic amines) is 1. The topological polar surface area (TPSA) is 151 Å². The Bertz CT molecular complexity index is 1520. The van der Waals surface area contributed by atoms with E-state index in [-0.39, 0.29) is 55.0 Å². The molecule has 232 valence electrons. The fourth-order valence-corrected chi connectivity index (χ4v) is 5.71. The summed E-state index contributed by atoms with van der Waals surface area (Å²) >= 11 is 0. The van der Waals surface area contributed by atoms with Gasteiger partial charge in [0.2, 0.25) is 5.91 Å². The van der Waals surface area contributed by atoms with Gasteiger partial charge in [0, 0.05) is 25.6 Å². The van der Waals surface area contributed by atoms with E-state index in [1.165, 1.54) is 40.2 Å². The Hall–Kier alpha value is -4.11. The van der Waals surface area contributed by atoms with E-state index in [1.807, 2.05) is 0 Å². The number of nitrogens with zero attached hydrogens (tertiary/aromatic N) is 3. The van der Waals surface area contributed by atoms with Crippen molar-refractivity contribution in [3.63, 3.8) is 0 Å². The number of carbonyl (C=O) groups is 2.